The van der Waals surface area contributed by atoms with E-state index < -0.39 is 0 Å². The van der Waals surface area contributed by atoms with E-state index >= 15 is 0 Å². The molecule has 4 heteroatoms. The quantitative estimate of drug-likeness (QED) is 0.627. The summed E-state index contributed by atoms with van der Waals surface area (Å²) in [4.78, 5) is 13.8. The van der Waals surface area contributed by atoms with Crippen LogP contribution in [-0.4, -0.2) is 43.7 Å². The fraction of sp³-hybridized carbons (Fsp3) is 0.923. The van der Waals surface area contributed by atoms with Crippen LogP contribution < -0.4 is 5.73 Å². The summed E-state index contributed by atoms with van der Waals surface area (Å²) in [6.07, 6.45) is 1.90. The number of rotatable bonds is 9. The molecule has 4 nitrogen and oxygen atoms in total. The second-order valence-corrected chi connectivity index (χ2v) is 5.24. The lowest BCUT2D eigenvalue weighted by atomic mass is 9.93. The van der Waals surface area contributed by atoms with Crippen molar-refractivity contribution in [3.8, 4) is 0 Å². The average Bonchev–Trinajstić information content (AvgIpc) is 2.28. The van der Waals surface area contributed by atoms with Gasteiger partial charge in [0.05, 0.1) is 0 Å². The second-order valence-electron chi connectivity index (χ2n) is 5.24. The summed E-state index contributed by atoms with van der Waals surface area (Å²) < 4.78 is 5.30. The van der Waals surface area contributed by atoms with Crippen LogP contribution in [0.5, 0.6) is 0 Å². The molecule has 0 aliphatic heterocycles. The Hall–Kier alpha value is -0.610. The summed E-state index contributed by atoms with van der Waals surface area (Å²) in [7, 11) is 0. The lowest BCUT2D eigenvalue weighted by Gasteiger charge is -2.31. The summed E-state index contributed by atoms with van der Waals surface area (Å²) in [6, 6.07) is 0. The molecule has 0 saturated heterocycles. The van der Waals surface area contributed by atoms with Crippen molar-refractivity contribution in [2.75, 3.05) is 32.8 Å². The molecule has 0 aliphatic carbocycles. The van der Waals surface area contributed by atoms with Gasteiger partial charge in [-0.2, -0.15) is 0 Å². The van der Waals surface area contributed by atoms with Crippen molar-refractivity contribution in [2.24, 2.45) is 11.1 Å². The molecule has 0 aromatic rings. The van der Waals surface area contributed by atoms with Crippen LogP contribution in [-0.2, 0) is 9.53 Å². The molecule has 0 unspecified atom stereocenters. The highest BCUT2D eigenvalue weighted by Gasteiger charge is 2.23. The van der Waals surface area contributed by atoms with Gasteiger partial charge in [0.1, 0.15) is 6.61 Å². The highest BCUT2D eigenvalue weighted by atomic mass is 16.5. The zero-order valence-corrected chi connectivity index (χ0v) is 11.8. The van der Waals surface area contributed by atoms with Gasteiger partial charge in [0.15, 0.2) is 0 Å². The van der Waals surface area contributed by atoms with Gasteiger partial charge in [-0.15, -0.1) is 0 Å². The number of hydrogen-bond donors (Lipinski definition) is 1. The lowest BCUT2D eigenvalue weighted by Crippen LogP contribution is -2.43. The Morgan fingerprint density at radius 1 is 1.29 bits per heavy atom. The molecular formula is C13H28N2O2. The van der Waals surface area contributed by atoms with Crippen LogP contribution in [0.4, 0.5) is 0 Å². The smallest absolute Gasteiger partial charge is 0.248 e. The van der Waals surface area contributed by atoms with Crippen molar-refractivity contribution in [3.63, 3.8) is 0 Å². The third-order valence-electron chi connectivity index (χ3n) is 2.59. The number of nitrogens with two attached hydrogens (primary N) is 1. The summed E-state index contributed by atoms with van der Waals surface area (Å²) in [5.41, 5.74) is 5.67. The number of carbonyl (C=O) groups excluding carboxylic acids is 1. The monoisotopic (exact) mass is 244 g/mol. The summed E-state index contributed by atoms with van der Waals surface area (Å²) in [5.74, 6) is 0.0711. The third-order valence-corrected chi connectivity index (χ3v) is 2.59. The minimum atomic E-state index is -0.0322. The number of amides is 1. The van der Waals surface area contributed by atoms with Crippen LogP contribution in [0.3, 0.4) is 0 Å². The van der Waals surface area contributed by atoms with E-state index in [4.69, 9.17) is 10.5 Å². The van der Waals surface area contributed by atoms with Crippen molar-refractivity contribution < 1.29 is 9.53 Å². The molecule has 0 aromatic heterocycles. The molecule has 0 atom stereocenters. The number of nitrogens with zero attached hydrogens (tertiary/aromatic N) is 1. The number of carbonyl (C=O) groups is 1. The Morgan fingerprint density at radius 3 is 2.41 bits per heavy atom. The van der Waals surface area contributed by atoms with Crippen LogP contribution in [0, 0.1) is 5.41 Å². The highest BCUT2D eigenvalue weighted by Crippen LogP contribution is 2.15. The zero-order chi connectivity index (χ0) is 13.3. The topological polar surface area (TPSA) is 55.6 Å². The van der Waals surface area contributed by atoms with Crippen LogP contribution >= 0.6 is 0 Å². The van der Waals surface area contributed by atoms with Gasteiger partial charge in [0.2, 0.25) is 5.91 Å². The van der Waals surface area contributed by atoms with E-state index in [1.165, 1.54) is 0 Å². The van der Waals surface area contributed by atoms with E-state index in [1.54, 1.807) is 0 Å². The Kier molecular flexibility index (Phi) is 8.17. The first kappa shape index (κ1) is 16.4. The average molecular weight is 244 g/mol. The Bertz CT molecular complexity index is 217. The normalized spacial score (nSPS) is 11.6. The number of ether oxygens (including phenoxy) is 1. The van der Waals surface area contributed by atoms with Crippen LogP contribution in [0.1, 0.15) is 40.5 Å². The van der Waals surface area contributed by atoms with Gasteiger partial charge in [-0.05, 0) is 24.8 Å². The first-order valence-corrected chi connectivity index (χ1v) is 6.52. The van der Waals surface area contributed by atoms with Crippen LogP contribution in [0.15, 0.2) is 0 Å². The predicted octanol–water partition coefficient (Wildman–Crippen LogP) is 1.64. The fourth-order valence-corrected chi connectivity index (χ4v) is 1.54. The van der Waals surface area contributed by atoms with E-state index in [9.17, 15) is 4.79 Å². The minimum Gasteiger partial charge on any atom is -0.372 e. The van der Waals surface area contributed by atoms with E-state index in [0.29, 0.717) is 19.7 Å². The summed E-state index contributed by atoms with van der Waals surface area (Å²) in [6.45, 7) is 11.2. The first-order valence-electron chi connectivity index (χ1n) is 6.52. The standard InChI is InChI=1S/C13H28N2O2/c1-5-7-15(11-13(3,4)10-14)12(16)9-17-8-6-2/h5-11,14H2,1-4H3. The Balaban J connectivity index is 4.25. The van der Waals surface area contributed by atoms with Gasteiger partial charge in [-0.25, -0.2) is 0 Å². The molecule has 0 saturated carbocycles. The Labute approximate surface area is 105 Å². The van der Waals surface area contributed by atoms with E-state index in [1.807, 2.05) is 11.8 Å². The summed E-state index contributed by atoms with van der Waals surface area (Å²) >= 11 is 0. The second kappa shape index (κ2) is 8.48. The first-order chi connectivity index (χ1) is 7.96. The van der Waals surface area contributed by atoms with Gasteiger partial charge in [0.25, 0.3) is 0 Å². The van der Waals surface area contributed by atoms with Gasteiger partial charge >= 0.3 is 0 Å². The van der Waals surface area contributed by atoms with Gasteiger partial charge in [0, 0.05) is 19.7 Å². The van der Waals surface area contributed by atoms with Crippen molar-refractivity contribution in [1.29, 1.82) is 0 Å². The van der Waals surface area contributed by atoms with Crippen molar-refractivity contribution >= 4 is 5.91 Å². The molecule has 0 spiro atoms. The molecule has 0 bridgehead atoms. The Morgan fingerprint density at radius 2 is 1.94 bits per heavy atom. The lowest BCUT2D eigenvalue weighted by molar-refractivity contribution is -0.137. The zero-order valence-electron chi connectivity index (χ0n) is 11.8. The molecule has 102 valence electrons. The molecule has 2 N–H and O–H groups in total. The van der Waals surface area contributed by atoms with Crippen LogP contribution in [0.25, 0.3) is 0 Å². The van der Waals surface area contributed by atoms with Crippen molar-refractivity contribution in [1.82, 2.24) is 4.90 Å². The van der Waals surface area contributed by atoms with Crippen molar-refractivity contribution in [2.45, 2.75) is 40.5 Å². The highest BCUT2D eigenvalue weighted by molar-refractivity contribution is 5.77. The molecule has 0 rings (SSSR count). The maximum Gasteiger partial charge on any atom is 0.248 e. The third kappa shape index (κ3) is 7.34. The summed E-state index contributed by atoms with van der Waals surface area (Å²) in [5, 5.41) is 0. The molecular weight excluding hydrogens is 216 g/mol. The van der Waals surface area contributed by atoms with Gasteiger partial charge in [-0.3, -0.25) is 4.79 Å². The molecule has 0 aliphatic rings. The maximum absolute atomic E-state index is 12.0. The van der Waals surface area contributed by atoms with Crippen molar-refractivity contribution in [3.05, 3.63) is 0 Å². The van der Waals surface area contributed by atoms with Gasteiger partial charge in [-0.1, -0.05) is 27.7 Å². The molecule has 1 amide bonds. The molecule has 0 radical (unpaired) electrons. The molecule has 0 aromatic carbocycles. The maximum atomic E-state index is 12.0. The van der Waals surface area contributed by atoms with E-state index in [2.05, 4.69) is 20.8 Å². The SMILES string of the molecule is CCCOCC(=O)N(CCC)CC(C)(C)CN. The predicted molar refractivity (Wildman–Crippen MR) is 70.8 cm³/mol. The molecule has 17 heavy (non-hydrogen) atoms. The largest absolute Gasteiger partial charge is 0.372 e. The van der Waals surface area contributed by atoms with E-state index in [0.717, 1.165) is 19.4 Å². The van der Waals surface area contributed by atoms with Crippen LogP contribution in [0.2, 0.25) is 0 Å². The van der Waals surface area contributed by atoms with E-state index in [-0.39, 0.29) is 17.9 Å². The minimum absolute atomic E-state index is 0.0322. The molecule has 0 fully saturated rings. The number of hydrogen-bond acceptors (Lipinski definition) is 3. The fourth-order valence-electron chi connectivity index (χ4n) is 1.54. The molecule has 0 heterocycles. The van der Waals surface area contributed by atoms with Gasteiger partial charge < -0.3 is 15.4 Å².